The second-order valence-corrected chi connectivity index (χ2v) is 7.90. The van der Waals surface area contributed by atoms with Crippen molar-refractivity contribution in [3.63, 3.8) is 0 Å². The minimum atomic E-state index is -1.16. The topological polar surface area (TPSA) is 85.9 Å². The summed E-state index contributed by atoms with van der Waals surface area (Å²) in [5, 5.41) is 11.1. The average Bonchev–Trinajstić information content (AvgIpc) is 2.75. The van der Waals surface area contributed by atoms with E-state index < -0.39 is 11.2 Å². The van der Waals surface area contributed by atoms with E-state index in [4.69, 9.17) is 0 Å². The van der Waals surface area contributed by atoms with Crippen LogP contribution in [0.25, 0.3) is 10.2 Å². The lowest BCUT2D eigenvalue weighted by Crippen LogP contribution is -2.31. The number of carboxylic acids is 1. The van der Waals surface area contributed by atoms with E-state index in [0.717, 1.165) is 36.6 Å². The molecule has 0 amide bonds. The van der Waals surface area contributed by atoms with Gasteiger partial charge in [0.1, 0.15) is 4.83 Å². The Morgan fingerprint density at radius 1 is 1.57 bits per heavy atom. The number of aliphatic carboxylic acids is 1. The number of rotatable bonds is 3. The van der Waals surface area contributed by atoms with Gasteiger partial charge in [-0.1, -0.05) is 18.7 Å². The minimum Gasteiger partial charge on any atom is -0.549 e. The van der Waals surface area contributed by atoms with Crippen molar-refractivity contribution in [2.45, 2.75) is 43.5 Å². The lowest BCUT2D eigenvalue weighted by Gasteiger charge is -2.17. The van der Waals surface area contributed by atoms with Gasteiger partial charge in [-0.05, 0) is 37.7 Å². The Hall–Kier alpha value is -1.34. The van der Waals surface area contributed by atoms with Crippen molar-refractivity contribution in [1.29, 1.82) is 0 Å². The Balaban J connectivity index is 2.05. The average molecular weight is 323 g/mol. The molecule has 3 rings (SSSR count). The number of H-pyrrole nitrogens is 1. The first-order chi connectivity index (χ1) is 9.95. The highest BCUT2D eigenvalue weighted by atomic mass is 32.2. The summed E-state index contributed by atoms with van der Waals surface area (Å²) in [5.41, 5.74) is 0.964. The van der Waals surface area contributed by atoms with E-state index in [9.17, 15) is 14.7 Å². The van der Waals surface area contributed by atoms with Crippen LogP contribution in [-0.4, -0.2) is 21.2 Å². The molecule has 2 heterocycles. The fourth-order valence-corrected chi connectivity index (χ4v) is 4.77. The third-order valence-corrected chi connectivity index (χ3v) is 5.87. The molecule has 0 radical (unpaired) electrons. The molecule has 0 saturated heterocycles. The molecule has 1 aliphatic carbocycles. The minimum absolute atomic E-state index is 0.167. The monoisotopic (exact) mass is 323 g/mol. The maximum Gasteiger partial charge on any atom is 0.260 e. The zero-order valence-electron chi connectivity index (χ0n) is 11.8. The van der Waals surface area contributed by atoms with Gasteiger partial charge in [0.2, 0.25) is 0 Å². The first kappa shape index (κ1) is 14.6. The summed E-state index contributed by atoms with van der Waals surface area (Å²) in [6, 6.07) is 0. The van der Waals surface area contributed by atoms with Crippen LogP contribution < -0.4 is 10.7 Å². The fraction of sp³-hybridized carbons (Fsp3) is 0.500. The van der Waals surface area contributed by atoms with Crippen LogP contribution in [0.15, 0.2) is 9.95 Å². The number of carboxylic acid groups (broad SMARTS) is 1. The second-order valence-electron chi connectivity index (χ2n) is 5.48. The van der Waals surface area contributed by atoms with Gasteiger partial charge in [-0.25, -0.2) is 4.98 Å². The van der Waals surface area contributed by atoms with E-state index in [2.05, 4.69) is 16.9 Å². The molecule has 2 atom stereocenters. The smallest absolute Gasteiger partial charge is 0.260 e. The van der Waals surface area contributed by atoms with E-state index >= 15 is 0 Å². The molecule has 2 aromatic rings. The van der Waals surface area contributed by atoms with E-state index in [1.54, 1.807) is 11.3 Å². The number of fused-ring (bicyclic) bond motifs is 3. The highest BCUT2D eigenvalue weighted by Crippen LogP contribution is 2.36. The van der Waals surface area contributed by atoms with Gasteiger partial charge in [0.25, 0.3) is 5.56 Å². The molecule has 0 aromatic carbocycles. The maximum absolute atomic E-state index is 12.3. The van der Waals surface area contributed by atoms with Crippen LogP contribution in [0.5, 0.6) is 0 Å². The third kappa shape index (κ3) is 2.72. The molecule has 2 aromatic heterocycles. The highest BCUT2D eigenvalue weighted by molar-refractivity contribution is 8.00. The first-order valence-electron chi connectivity index (χ1n) is 6.87. The standard InChI is InChI=1S/C14H16N2O3S2/c1-6-3-4-8-9(5-6)21-12-10(8)11(17)15-14(16-12)20-7(2)13(18)19/h6-7H,3-5H2,1-2H3,(H,18,19)(H,15,16,17)/p-1/t6-,7-/m1/s1. The molecular formula is C14H15N2O3S2-. The number of nitrogens with one attached hydrogen (secondary N) is 1. The van der Waals surface area contributed by atoms with Gasteiger partial charge in [-0.2, -0.15) is 0 Å². The predicted molar refractivity (Wildman–Crippen MR) is 81.8 cm³/mol. The van der Waals surface area contributed by atoms with Gasteiger partial charge >= 0.3 is 0 Å². The Bertz CT molecular complexity index is 765. The number of aromatic nitrogens is 2. The Morgan fingerprint density at radius 2 is 2.33 bits per heavy atom. The lowest BCUT2D eigenvalue weighted by molar-refractivity contribution is -0.304. The number of carbonyl (C=O) groups excluding carboxylic acids is 1. The molecule has 0 unspecified atom stereocenters. The van der Waals surface area contributed by atoms with Crippen molar-refractivity contribution >= 4 is 39.3 Å². The molecule has 0 saturated carbocycles. The number of aromatic amines is 1. The van der Waals surface area contributed by atoms with Crippen LogP contribution >= 0.6 is 23.1 Å². The maximum atomic E-state index is 12.3. The highest BCUT2D eigenvalue weighted by Gasteiger charge is 2.23. The number of thioether (sulfide) groups is 1. The van der Waals surface area contributed by atoms with E-state index in [-0.39, 0.29) is 5.56 Å². The largest absolute Gasteiger partial charge is 0.549 e. The summed E-state index contributed by atoms with van der Waals surface area (Å²) in [6.07, 6.45) is 3.01. The summed E-state index contributed by atoms with van der Waals surface area (Å²) < 4.78 is 0. The third-order valence-electron chi connectivity index (χ3n) is 3.76. The first-order valence-corrected chi connectivity index (χ1v) is 8.57. The molecule has 0 fully saturated rings. The second kappa shape index (κ2) is 5.46. The number of hydrogen-bond acceptors (Lipinski definition) is 6. The SMILES string of the molecule is C[C@@H]1CCc2c(sc3nc(S[C@H](C)C(=O)[O-])[nH]c(=O)c23)C1. The summed E-state index contributed by atoms with van der Waals surface area (Å²) in [6.45, 7) is 3.74. The molecule has 21 heavy (non-hydrogen) atoms. The lowest BCUT2D eigenvalue weighted by atomic mass is 9.89. The molecule has 1 N–H and O–H groups in total. The van der Waals surface area contributed by atoms with Crippen LogP contribution in [0, 0.1) is 5.92 Å². The number of aryl methyl sites for hydroxylation is 1. The normalized spacial score (nSPS) is 19.4. The quantitative estimate of drug-likeness (QED) is 0.680. The number of carbonyl (C=O) groups is 1. The molecule has 0 bridgehead atoms. The van der Waals surface area contributed by atoms with E-state index in [1.807, 2.05) is 0 Å². The van der Waals surface area contributed by atoms with Crippen molar-refractivity contribution < 1.29 is 9.90 Å². The van der Waals surface area contributed by atoms with Crippen LogP contribution in [-0.2, 0) is 17.6 Å². The molecule has 112 valence electrons. The zero-order valence-corrected chi connectivity index (χ0v) is 13.4. The van der Waals surface area contributed by atoms with E-state index in [0.29, 0.717) is 21.3 Å². The zero-order chi connectivity index (χ0) is 15.1. The van der Waals surface area contributed by atoms with Crippen LogP contribution in [0.2, 0.25) is 0 Å². The summed E-state index contributed by atoms with van der Waals surface area (Å²) >= 11 is 2.56. The summed E-state index contributed by atoms with van der Waals surface area (Å²) in [7, 11) is 0. The number of hydrogen-bond donors (Lipinski definition) is 1. The fourth-order valence-electron chi connectivity index (χ4n) is 2.60. The molecule has 7 heteroatoms. The molecule has 0 spiro atoms. The van der Waals surface area contributed by atoms with Gasteiger partial charge in [0, 0.05) is 10.1 Å². The van der Waals surface area contributed by atoms with E-state index in [1.165, 1.54) is 11.8 Å². The molecule has 5 nitrogen and oxygen atoms in total. The van der Waals surface area contributed by atoms with Crippen molar-refractivity contribution in [3.05, 3.63) is 20.8 Å². The molecule has 0 aliphatic heterocycles. The number of thiophene rings is 1. The van der Waals surface area contributed by atoms with Crippen LogP contribution in [0.4, 0.5) is 0 Å². The van der Waals surface area contributed by atoms with Crippen molar-refractivity contribution in [3.8, 4) is 0 Å². The van der Waals surface area contributed by atoms with Gasteiger partial charge in [0.05, 0.1) is 11.4 Å². The van der Waals surface area contributed by atoms with Crippen molar-refractivity contribution in [1.82, 2.24) is 9.97 Å². The number of nitrogens with zero attached hydrogens (tertiary/aromatic N) is 1. The predicted octanol–water partition coefficient (Wildman–Crippen LogP) is 1.34. The van der Waals surface area contributed by atoms with Gasteiger partial charge in [0.15, 0.2) is 5.16 Å². The van der Waals surface area contributed by atoms with Crippen LogP contribution in [0.3, 0.4) is 0 Å². The Morgan fingerprint density at radius 3 is 3.05 bits per heavy atom. The summed E-state index contributed by atoms with van der Waals surface area (Å²) in [5.74, 6) is -0.529. The van der Waals surface area contributed by atoms with Gasteiger partial charge in [-0.3, -0.25) is 4.79 Å². The molecule has 1 aliphatic rings. The van der Waals surface area contributed by atoms with Gasteiger partial charge < -0.3 is 14.9 Å². The summed E-state index contributed by atoms with van der Waals surface area (Å²) in [4.78, 5) is 32.2. The van der Waals surface area contributed by atoms with Crippen molar-refractivity contribution in [2.24, 2.45) is 5.92 Å². The Labute approximate surface area is 129 Å². The van der Waals surface area contributed by atoms with Crippen LogP contribution in [0.1, 0.15) is 30.7 Å². The Kier molecular flexibility index (Phi) is 3.79. The van der Waals surface area contributed by atoms with Gasteiger partial charge in [-0.15, -0.1) is 11.3 Å². The molecular weight excluding hydrogens is 308 g/mol. The van der Waals surface area contributed by atoms with Crippen molar-refractivity contribution in [2.75, 3.05) is 0 Å².